The van der Waals surface area contributed by atoms with E-state index in [-0.39, 0.29) is 11.8 Å². The summed E-state index contributed by atoms with van der Waals surface area (Å²) >= 11 is 0. The second-order valence-electron chi connectivity index (χ2n) is 2.83. The molecule has 0 aliphatic heterocycles. The Kier molecular flexibility index (Phi) is 2.43. The number of hydrogen-bond acceptors (Lipinski definition) is 2. The smallest absolute Gasteiger partial charge is 0.226 e. The average molecular weight is 164 g/mol. The lowest BCUT2D eigenvalue weighted by molar-refractivity contribution is -0.119. The van der Waals surface area contributed by atoms with E-state index in [1.165, 1.54) is 0 Å². The van der Waals surface area contributed by atoms with E-state index in [0.717, 1.165) is 11.4 Å². The molecule has 0 bridgehead atoms. The Bertz CT molecular complexity index is 296. The van der Waals surface area contributed by atoms with Gasteiger partial charge in [-0.05, 0) is 26.0 Å². The molecule has 1 amide bonds. The SMILES string of the molecule is Cc1cccc(C(C)C(N)=O)n1. The second kappa shape index (κ2) is 3.34. The fourth-order valence-electron chi connectivity index (χ4n) is 0.951. The van der Waals surface area contributed by atoms with Crippen molar-refractivity contribution in [3.63, 3.8) is 0 Å². The molecule has 0 saturated carbocycles. The molecule has 1 aromatic rings. The van der Waals surface area contributed by atoms with E-state index in [9.17, 15) is 4.79 Å². The van der Waals surface area contributed by atoms with E-state index in [2.05, 4.69) is 4.98 Å². The number of primary amides is 1. The maximum Gasteiger partial charge on any atom is 0.226 e. The number of aromatic nitrogens is 1. The number of pyridine rings is 1. The molecule has 1 unspecified atom stereocenters. The van der Waals surface area contributed by atoms with Crippen LogP contribution in [0.25, 0.3) is 0 Å². The maximum atomic E-state index is 10.8. The first kappa shape index (κ1) is 8.71. The summed E-state index contributed by atoms with van der Waals surface area (Å²) in [5.74, 6) is -0.641. The predicted octanol–water partition coefficient (Wildman–Crippen LogP) is 0.979. The number of carbonyl (C=O) groups excluding carboxylic acids is 1. The third-order valence-electron chi connectivity index (χ3n) is 1.78. The molecular weight excluding hydrogens is 152 g/mol. The number of hydrogen-bond donors (Lipinski definition) is 1. The molecule has 3 nitrogen and oxygen atoms in total. The van der Waals surface area contributed by atoms with Crippen molar-refractivity contribution in [1.29, 1.82) is 0 Å². The molecule has 0 aromatic carbocycles. The minimum Gasteiger partial charge on any atom is -0.369 e. The standard InChI is InChI=1S/C9H12N2O/c1-6-4-3-5-8(11-6)7(2)9(10)12/h3-5,7H,1-2H3,(H2,10,12). The van der Waals surface area contributed by atoms with Crippen molar-refractivity contribution in [1.82, 2.24) is 4.98 Å². The van der Waals surface area contributed by atoms with Gasteiger partial charge < -0.3 is 5.73 Å². The Hall–Kier alpha value is -1.38. The zero-order valence-electron chi connectivity index (χ0n) is 7.24. The monoisotopic (exact) mass is 164 g/mol. The van der Waals surface area contributed by atoms with Crippen LogP contribution in [0.3, 0.4) is 0 Å². The number of rotatable bonds is 2. The summed E-state index contributed by atoms with van der Waals surface area (Å²) in [5.41, 5.74) is 6.78. The second-order valence-corrected chi connectivity index (χ2v) is 2.83. The summed E-state index contributed by atoms with van der Waals surface area (Å²) < 4.78 is 0. The first-order valence-corrected chi connectivity index (χ1v) is 3.84. The van der Waals surface area contributed by atoms with Crippen LogP contribution in [0, 0.1) is 6.92 Å². The zero-order chi connectivity index (χ0) is 9.14. The molecule has 12 heavy (non-hydrogen) atoms. The molecule has 1 aromatic heterocycles. The lowest BCUT2D eigenvalue weighted by atomic mass is 10.1. The molecule has 0 fully saturated rings. The summed E-state index contributed by atoms with van der Waals surface area (Å²) in [7, 11) is 0. The summed E-state index contributed by atoms with van der Waals surface area (Å²) in [6.07, 6.45) is 0. The van der Waals surface area contributed by atoms with E-state index < -0.39 is 0 Å². The van der Waals surface area contributed by atoms with Crippen LogP contribution < -0.4 is 5.73 Å². The minimum absolute atomic E-state index is 0.301. The molecule has 2 N–H and O–H groups in total. The van der Waals surface area contributed by atoms with Gasteiger partial charge >= 0.3 is 0 Å². The lowest BCUT2D eigenvalue weighted by Crippen LogP contribution is -2.19. The van der Waals surface area contributed by atoms with Crippen molar-refractivity contribution in [2.75, 3.05) is 0 Å². The summed E-state index contributed by atoms with van der Waals surface area (Å²) in [6.45, 7) is 3.64. The summed E-state index contributed by atoms with van der Waals surface area (Å²) in [5, 5.41) is 0. The fourth-order valence-corrected chi connectivity index (χ4v) is 0.951. The van der Waals surface area contributed by atoms with Gasteiger partial charge in [0.1, 0.15) is 0 Å². The van der Waals surface area contributed by atoms with Crippen LogP contribution in [0.4, 0.5) is 0 Å². The van der Waals surface area contributed by atoms with Crippen LogP contribution in [-0.2, 0) is 4.79 Å². The van der Waals surface area contributed by atoms with Gasteiger partial charge in [0.2, 0.25) is 5.91 Å². The van der Waals surface area contributed by atoms with Crippen molar-refractivity contribution in [2.45, 2.75) is 19.8 Å². The highest BCUT2D eigenvalue weighted by Gasteiger charge is 2.12. The van der Waals surface area contributed by atoms with E-state index in [4.69, 9.17) is 5.73 Å². The molecule has 0 radical (unpaired) electrons. The topological polar surface area (TPSA) is 56.0 Å². The predicted molar refractivity (Wildman–Crippen MR) is 46.6 cm³/mol. The fraction of sp³-hybridized carbons (Fsp3) is 0.333. The number of amides is 1. The Balaban J connectivity index is 2.95. The van der Waals surface area contributed by atoms with Gasteiger partial charge in [-0.1, -0.05) is 6.07 Å². The van der Waals surface area contributed by atoms with Crippen molar-refractivity contribution < 1.29 is 4.79 Å². The largest absolute Gasteiger partial charge is 0.369 e. The maximum absolute atomic E-state index is 10.8. The number of nitrogens with two attached hydrogens (primary N) is 1. The molecule has 0 saturated heterocycles. The lowest BCUT2D eigenvalue weighted by Gasteiger charge is -2.06. The van der Waals surface area contributed by atoms with E-state index in [0.29, 0.717) is 0 Å². The molecule has 64 valence electrons. The normalized spacial score (nSPS) is 12.5. The van der Waals surface area contributed by atoms with Gasteiger partial charge in [0, 0.05) is 5.69 Å². The Morgan fingerprint density at radius 1 is 1.58 bits per heavy atom. The molecule has 3 heteroatoms. The molecule has 0 spiro atoms. The molecule has 1 atom stereocenters. The van der Waals surface area contributed by atoms with Gasteiger partial charge in [-0.2, -0.15) is 0 Å². The third kappa shape index (κ3) is 1.81. The van der Waals surface area contributed by atoms with Crippen molar-refractivity contribution in [3.05, 3.63) is 29.6 Å². The first-order chi connectivity index (χ1) is 5.61. The Morgan fingerprint density at radius 2 is 2.25 bits per heavy atom. The minimum atomic E-state index is -0.340. The van der Waals surface area contributed by atoms with Gasteiger partial charge in [-0.3, -0.25) is 9.78 Å². The molecule has 1 heterocycles. The zero-order valence-corrected chi connectivity index (χ0v) is 7.24. The molecule has 0 aliphatic rings. The van der Waals surface area contributed by atoms with Crippen molar-refractivity contribution in [3.8, 4) is 0 Å². The van der Waals surface area contributed by atoms with Gasteiger partial charge in [-0.15, -0.1) is 0 Å². The average Bonchev–Trinajstić information content (AvgIpc) is 2.03. The van der Waals surface area contributed by atoms with Gasteiger partial charge in [0.05, 0.1) is 11.6 Å². The number of carbonyl (C=O) groups is 1. The molecular formula is C9H12N2O. The summed E-state index contributed by atoms with van der Waals surface area (Å²) in [6, 6.07) is 5.57. The highest BCUT2D eigenvalue weighted by molar-refractivity contribution is 5.80. The molecule has 1 rings (SSSR count). The Labute approximate surface area is 71.6 Å². The van der Waals surface area contributed by atoms with E-state index >= 15 is 0 Å². The van der Waals surface area contributed by atoms with Crippen molar-refractivity contribution in [2.24, 2.45) is 5.73 Å². The van der Waals surface area contributed by atoms with Gasteiger partial charge in [-0.25, -0.2) is 0 Å². The Morgan fingerprint density at radius 3 is 2.75 bits per heavy atom. The van der Waals surface area contributed by atoms with Crippen LogP contribution in [0.1, 0.15) is 24.2 Å². The number of aryl methyl sites for hydroxylation is 1. The molecule has 0 aliphatic carbocycles. The number of nitrogens with zero attached hydrogens (tertiary/aromatic N) is 1. The highest BCUT2D eigenvalue weighted by atomic mass is 16.1. The van der Waals surface area contributed by atoms with Crippen LogP contribution in [0.5, 0.6) is 0 Å². The van der Waals surface area contributed by atoms with Crippen LogP contribution in [0.2, 0.25) is 0 Å². The first-order valence-electron chi connectivity index (χ1n) is 3.84. The summed E-state index contributed by atoms with van der Waals surface area (Å²) in [4.78, 5) is 15.0. The van der Waals surface area contributed by atoms with Gasteiger partial charge in [0.15, 0.2) is 0 Å². The van der Waals surface area contributed by atoms with E-state index in [1.54, 1.807) is 6.92 Å². The third-order valence-corrected chi connectivity index (χ3v) is 1.78. The van der Waals surface area contributed by atoms with Crippen LogP contribution in [0.15, 0.2) is 18.2 Å². The van der Waals surface area contributed by atoms with Crippen LogP contribution in [-0.4, -0.2) is 10.9 Å². The van der Waals surface area contributed by atoms with Gasteiger partial charge in [0.25, 0.3) is 0 Å². The van der Waals surface area contributed by atoms with E-state index in [1.807, 2.05) is 25.1 Å². The quantitative estimate of drug-likeness (QED) is 0.708. The van der Waals surface area contributed by atoms with Crippen molar-refractivity contribution >= 4 is 5.91 Å². The highest BCUT2D eigenvalue weighted by Crippen LogP contribution is 2.11. The van der Waals surface area contributed by atoms with Crippen LogP contribution >= 0.6 is 0 Å².